The number of Topliss-reactive ketones (excluding diaryl/α,β-unsaturated/α-hetero) is 1. The Kier molecular flexibility index (Phi) is 11.6. The monoisotopic (exact) mass is 565 g/mol. The van der Waals surface area contributed by atoms with E-state index >= 15 is 0 Å². The van der Waals surface area contributed by atoms with Gasteiger partial charge in [-0.3, -0.25) is 19.2 Å². The van der Waals surface area contributed by atoms with E-state index in [0.717, 1.165) is 0 Å². The van der Waals surface area contributed by atoms with Crippen molar-refractivity contribution in [3.05, 3.63) is 35.9 Å². The summed E-state index contributed by atoms with van der Waals surface area (Å²) >= 11 is 0. The molecule has 0 aromatic heterocycles. The van der Waals surface area contributed by atoms with E-state index in [1.165, 1.54) is 13.8 Å². The summed E-state index contributed by atoms with van der Waals surface area (Å²) in [6, 6.07) is 8.55. The van der Waals surface area contributed by atoms with Crippen molar-refractivity contribution in [2.45, 2.75) is 83.6 Å². The quantitative estimate of drug-likeness (QED) is 0.161. The minimum Gasteiger partial charge on any atom is -0.465 e. The molecule has 0 saturated carbocycles. The number of ether oxygens (including phenoxy) is 6. The van der Waals surface area contributed by atoms with Gasteiger partial charge < -0.3 is 38.8 Å². The van der Waals surface area contributed by atoms with Crippen LogP contribution in [0.15, 0.2) is 30.3 Å². The SMILES string of the molecule is CC(=O)OCC1OC(C)[C@@H](NCC(=O)c2ccccc2)[C@@H](C)[C@@H]1OC1O[C@@H](COC=O)[C@@H](O)C(C)[C@@H]1OC(C)=O. The number of ketones is 1. The Morgan fingerprint density at radius 3 is 2.27 bits per heavy atom. The molecule has 2 fully saturated rings. The van der Waals surface area contributed by atoms with Crippen molar-refractivity contribution in [1.29, 1.82) is 0 Å². The van der Waals surface area contributed by atoms with Gasteiger partial charge >= 0.3 is 11.9 Å². The van der Waals surface area contributed by atoms with E-state index in [4.69, 9.17) is 28.4 Å². The largest absolute Gasteiger partial charge is 0.465 e. The molecule has 2 N–H and O–H groups in total. The molecule has 0 amide bonds. The van der Waals surface area contributed by atoms with E-state index in [1.54, 1.807) is 31.2 Å². The Hall–Kier alpha value is -2.90. The van der Waals surface area contributed by atoms with E-state index in [-0.39, 0.29) is 50.1 Å². The van der Waals surface area contributed by atoms with Crippen LogP contribution in [0.1, 0.15) is 45.0 Å². The molecule has 2 aliphatic rings. The number of nitrogens with one attached hydrogen (secondary N) is 1. The second-order valence-corrected chi connectivity index (χ2v) is 10.2. The number of hydrogen-bond donors (Lipinski definition) is 2. The number of carbonyl (C=O) groups is 4. The third kappa shape index (κ3) is 8.07. The molecule has 12 nitrogen and oxygen atoms in total. The molecule has 0 aliphatic carbocycles. The van der Waals surface area contributed by atoms with Gasteiger partial charge in [0.2, 0.25) is 0 Å². The molecule has 40 heavy (non-hydrogen) atoms. The topological polar surface area (TPSA) is 156 Å². The smallest absolute Gasteiger partial charge is 0.303 e. The standard InChI is InChI=1S/C28H39NO11/c1-15-24(29-11-21(33)20-9-7-6-8-10-20)17(3)37-23(13-36-18(4)31)26(15)40-28-27(38-19(5)32)16(2)25(34)22(39-28)12-35-14-30/h6-10,14-17,22-29,34H,11-13H2,1-5H3/t15-,16?,17?,22+,23?,24+,25+,26+,27+,28?/m1/s1. The molecule has 1 aromatic rings. The van der Waals surface area contributed by atoms with Crippen molar-refractivity contribution < 1.29 is 52.7 Å². The number of aliphatic hydroxyl groups is 1. The maximum Gasteiger partial charge on any atom is 0.303 e. The predicted octanol–water partition coefficient (Wildman–Crippen LogP) is 1.03. The normalized spacial score (nSPS) is 34.0. The highest BCUT2D eigenvalue weighted by molar-refractivity contribution is 5.97. The molecule has 12 heteroatoms. The van der Waals surface area contributed by atoms with Gasteiger partial charge in [-0.1, -0.05) is 44.2 Å². The van der Waals surface area contributed by atoms with E-state index in [1.807, 2.05) is 19.9 Å². The van der Waals surface area contributed by atoms with E-state index < -0.39 is 54.7 Å². The van der Waals surface area contributed by atoms with Crippen molar-refractivity contribution in [3.63, 3.8) is 0 Å². The molecule has 3 rings (SSSR count). The van der Waals surface area contributed by atoms with Crippen LogP contribution in [0.3, 0.4) is 0 Å². The lowest BCUT2D eigenvalue weighted by Gasteiger charge is -2.48. The van der Waals surface area contributed by atoms with Gasteiger partial charge in [0.15, 0.2) is 18.2 Å². The summed E-state index contributed by atoms with van der Waals surface area (Å²) in [6.07, 6.45) is -6.07. The van der Waals surface area contributed by atoms with Gasteiger partial charge in [-0.2, -0.15) is 0 Å². The average Bonchev–Trinajstić information content (AvgIpc) is 2.92. The van der Waals surface area contributed by atoms with Crippen LogP contribution in [-0.2, 0) is 42.8 Å². The van der Waals surface area contributed by atoms with Gasteiger partial charge in [0.05, 0.1) is 24.9 Å². The van der Waals surface area contributed by atoms with Gasteiger partial charge in [0.25, 0.3) is 6.47 Å². The number of carbonyl (C=O) groups excluding carboxylic acids is 4. The fourth-order valence-corrected chi connectivity index (χ4v) is 5.24. The van der Waals surface area contributed by atoms with Crippen molar-refractivity contribution in [2.75, 3.05) is 19.8 Å². The summed E-state index contributed by atoms with van der Waals surface area (Å²) in [5.74, 6) is -2.12. The van der Waals surface area contributed by atoms with Gasteiger partial charge in [0.1, 0.15) is 25.4 Å². The lowest BCUT2D eigenvalue weighted by molar-refractivity contribution is -0.324. The van der Waals surface area contributed by atoms with Crippen LogP contribution in [-0.4, -0.2) is 98.0 Å². The zero-order valence-corrected chi connectivity index (χ0v) is 23.4. The van der Waals surface area contributed by atoms with Crippen LogP contribution in [0.4, 0.5) is 0 Å². The Morgan fingerprint density at radius 1 is 0.950 bits per heavy atom. The molecule has 0 bridgehead atoms. The lowest BCUT2D eigenvalue weighted by Crippen LogP contribution is -2.63. The van der Waals surface area contributed by atoms with Crippen LogP contribution >= 0.6 is 0 Å². The van der Waals surface area contributed by atoms with Crippen molar-refractivity contribution in [1.82, 2.24) is 5.32 Å². The summed E-state index contributed by atoms with van der Waals surface area (Å²) in [5, 5.41) is 14.0. The molecule has 2 aliphatic heterocycles. The first kappa shape index (κ1) is 31.6. The minimum absolute atomic E-state index is 0.0540. The highest BCUT2D eigenvalue weighted by Gasteiger charge is 2.50. The summed E-state index contributed by atoms with van der Waals surface area (Å²) in [7, 11) is 0. The Labute approximate surface area is 233 Å². The Morgan fingerprint density at radius 2 is 1.65 bits per heavy atom. The number of esters is 2. The first-order chi connectivity index (χ1) is 19.0. The summed E-state index contributed by atoms with van der Waals surface area (Å²) < 4.78 is 34.1. The van der Waals surface area contributed by atoms with Crippen molar-refractivity contribution in [3.8, 4) is 0 Å². The van der Waals surface area contributed by atoms with Gasteiger partial charge in [0, 0.05) is 37.3 Å². The van der Waals surface area contributed by atoms with Crippen LogP contribution in [0, 0.1) is 11.8 Å². The fraction of sp³-hybridized carbons (Fsp3) is 0.643. The van der Waals surface area contributed by atoms with E-state index in [2.05, 4.69) is 5.32 Å². The molecule has 2 saturated heterocycles. The zero-order valence-electron chi connectivity index (χ0n) is 23.4. The lowest BCUT2D eigenvalue weighted by atomic mass is 9.85. The molecule has 10 atom stereocenters. The summed E-state index contributed by atoms with van der Waals surface area (Å²) in [5.41, 5.74) is 0.573. The van der Waals surface area contributed by atoms with Crippen LogP contribution in [0.5, 0.6) is 0 Å². The molecule has 1 aromatic carbocycles. The molecule has 222 valence electrons. The number of hydrogen-bond acceptors (Lipinski definition) is 12. The van der Waals surface area contributed by atoms with Gasteiger partial charge in [-0.15, -0.1) is 0 Å². The van der Waals surface area contributed by atoms with Crippen molar-refractivity contribution in [2.24, 2.45) is 11.8 Å². The average molecular weight is 566 g/mol. The summed E-state index contributed by atoms with van der Waals surface area (Å²) in [6.45, 7) is 7.90. The second-order valence-electron chi connectivity index (χ2n) is 10.2. The zero-order chi connectivity index (χ0) is 29.4. The molecule has 4 unspecified atom stereocenters. The molecule has 0 spiro atoms. The fourth-order valence-electron chi connectivity index (χ4n) is 5.24. The first-order valence-electron chi connectivity index (χ1n) is 13.3. The number of rotatable bonds is 12. The molecule has 2 heterocycles. The minimum atomic E-state index is -1.17. The van der Waals surface area contributed by atoms with Gasteiger partial charge in [-0.25, -0.2) is 0 Å². The maximum absolute atomic E-state index is 12.8. The molecule has 0 radical (unpaired) electrons. The Balaban J connectivity index is 1.83. The maximum atomic E-state index is 12.8. The predicted molar refractivity (Wildman–Crippen MR) is 139 cm³/mol. The molecular weight excluding hydrogens is 526 g/mol. The second kappa shape index (κ2) is 14.6. The van der Waals surface area contributed by atoms with Crippen LogP contribution < -0.4 is 5.32 Å². The van der Waals surface area contributed by atoms with E-state index in [9.17, 15) is 24.3 Å². The highest BCUT2D eigenvalue weighted by atomic mass is 16.7. The molecular formula is C28H39NO11. The number of benzene rings is 1. The highest BCUT2D eigenvalue weighted by Crippen LogP contribution is 2.35. The Bertz CT molecular complexity index is 1010. The van der Waals surface area contributed by atoms with E-state index in [0.29, 0.717) is 5.56 Å². The number of aliphatic hydroxyl groups excluding tert-OH is 1. The summed E-state index contributed by atoms with van der Waals surface area (Å²) in [4.78, 5) is 47.0. The third-order valence-corrected chi connectivity index (χ3v) is 7.33. The van der Waals surface area contributed by atoms with Crippen molar-refractivity contribution >= 4 is 24.2 Å². The first-order valence-corrected chi connectivity index (χ1v) is 13.3. The van der Waals surface area contributed by atoms with Crippen LogP contribution in [0.2, 0.25) is 0 Å². The van der Waals surface area contributed by atoms with Crippen LogP contribution in [0.25, 0.3) is 0 Å². The third-order valence-electron chi connectivity index (χ3n) is 7.33. The van der Waals surface area contributed by atoms with Gasteiger partial charge in [-0.05, 0) is 6.92 Å².